The fraction of sp³-hybridized carbons (Fsp3) is 0.750. The van der Waals surface area contributed by atoms with Gasteiger partial charge in [0.15, 0.2) is 0 Å². The third kappa shape index (κ3) is 4.14. The van der Waals surface area contributed by atoms with Crippen LogP contribution in [0.2, 0.25) is 0 Å². The highest BCUT2D eigenvalue weighted by molar-refractivity contribution is 4.91. The van der Waals surface area contributed by atoms with Crippen molar-refractivity contribution in [3.8, 4) is 0 Å². The third-order valence-corrected chi connectivity index (χ3v) is 1.38. The average Bonchev–Trinajstić information content (AvgIpc) is 1.98. The van der Waals surface area contributed by atoms with Gasteiger partial charge in [-0.2, -0.15) is 0 Å². The normalized spacial score (nSPS) is 16.5. The Morgan fingerprint density at radius 2 is 2.09 bits per heavy atom. The van der Waals surface area contributed by atoms with E-state index in [4.69, 9.17) is 5.11 Å². The Kier molecular flexibility index (Phi) is 5.11. The molecule has 0 aromatic rings. The molecule has 0 rings (SSSR count). The van der Waals surface area contributed by atoms with Crippen LogP contribution in [0.3, 0.4) is 0 Å². The topological polar surface area (TPSA) is 52.5 Å². The van der Waals surface area contributed by atoms with Gasteiger partial charge >= 0.3 is 0 Å². The van der Waals surface area contributed by atoms with Gasteiger partial charge in [0, 0.05) is 6.04 Å². The molecule has 3 N–H and O–H groups in total. The van der Waals surface area contributed by atoms with Gasteiger partial charge in [-0.3, -0.25) is 0 Å². The molecule has 0 unspecified atom stereocenters. The first-order chi connectivity index (χ1) is 5.11. The van der Waals surface area contributed by atoms with Gasteiger partial charge in [-0.15, -0.1) is 6.58 Å². The van der Waals surface area contributed by atoms with Crippen molar-refractivity contribution in [2.24, 2.45) is 0 Å². The van der Waals surface area contributed by atoms with Gasteiger partial charge < -0.3 is 15.5 Å². The summed E-state index contributed by atoms with van der Waals surface area (Å²) in [6.45, 7) is 7.26. The van der Waals surface area contributed by atoms with Crippen LogP contribution in [0.15, 0.2) is 12.7 Å². The zero-order valence-electron chi connectivity index (χ0n) is 7.12. The highest BCUT2D eigenvalue weighted by Crippen LogP contribution is 1.95. The lowest BCUT2D eigenvalue weighted by Crippen LogP contribution is -2.43. The smallest absolute Gasteiger partial charge is 0.0959 e. The van der Waals surface area contributed by atoms with E-state index in [2.05, 4.69) is 11.9 Å². The highest BCUT2D eigenvalue weighted by Gasteiger charge is 2.14. The van der Waals surface area contributed by atoms with Gasteiger partial charge in [-0.1, -0.05) is 19.9 Å². The van der Waals surface area contributed by atoms with Crippen LogP contribution >= 0.6 is 0 Å². The second-order valence-electron chi connectivity index (χ2n) is 2.83. The van der Waals surface area contributed by atoms with E-state index >= 15 is 0 Å². The summed E-state index contributed by atoms with van der Waals surface area (Å²) in [6.07, 6.45) is 0.843. The van der Waals surface area contributed by atoms with Gasteiger partial charge in [-0.25, -0.2) is 0 Å². The maximum absolute atomic E-state index is 9.18. The van der Waals surface area contributed by atoms with E-state index in [0.29, 0.717) is 0 Å². The van der Waals surface area contributed by atoms with Crippen LogP contribution in [0.25, 0.3) is 0 Å². The monoisotopic (exact) mass is 159 g/mol. The number of hydrogen-bond donors (Lipinski definition) is 3. The van der Waals surface area contributed by atoms with Gasteiger partial charge in [0.25, 0.3) is 0 Å². The molecule has 0 aliphatic carbocycles. The number of aliphatic hydroxyl groups excluding tert-OH is 2. The van der Waals surface area contributed by atoms with Crippen molar-refractivity contribution in [2.75, 3.05) is 6.61 Å². The first-order valence-corrected chi connectivity index (χ1v) is 3.79. The number of rotatable bonds is 5. The second kappa shape index (κ2) is 5.29. The van der Waals surface area contributed by atoms with Crippen LogP contribution < -0.4 is 5.32 Å². The molecule has 0 saturated carbocycles. The Balaban J connectivity index is 3.84. The van der Waals surface area contributed by atoms with Crippen LogP contribution in [0.1, 0.15) is 13.8 Å². The molecule has 0 fully saturated rings. The van der Waals surface area contributed by atoms with Crippen LogP contribution in [-0.4, -0.2) is 35.0 Å². The van der Waals surface area contributed by atoms with Crippen molar-refractivity contribution in [2.45, 2.75) is 32.0 Å². The van der Waals surface area contributed by atoms with Gasteiger partial charge in [-0.05, 0) is 0 Å². The summed E-state index contributed by atoms with van der Waals surface area (Å²) in [6, 6.07) is 0.0548. The molecule has 0 spiro atoms. The molecule has 0 aromatic carbocycles. The molecular formula is C8H17NO2. The Hall–Kier alpha value is -0.380. The molecular weight excluding hydrogens is 142 g/mol. The van der Waals surface area contributed by atoms with Crippen LogP contribution in [0, 0.1) is 0 Å². The van der Waals surface area contributed by atoms with Crippen molar-refractivity contribution < 1.29 is 10.2 Å². The Morgan fingerprint density at radius 1 is 1.55 bits per heavy atom. The predicted octanol–water partition coefficient (Wildman–Crippen LogP) is -0.108. The SMILES string of the molecule is C=C[C@H](NC(C)C)[C@H](O)CO. The summed E-state index contributed by atoms with van der Waals surface area (Å²) in [4.78, 5) is 0. The van der Waals surface area contributed by atoms with Crippen molar-refractivity contribution in [3.63, 3.8) is 0 Å². The second-order valence-corrected chi connectivity index (χ2v) is 2.83. The van der Waals surface area contributed by atoms with Crippen LogP contribution in [-0.2, 0) is 0 Å². The molecule has 11 heavy (non-hydrogen) atoms. The zero-order chi connectivity index (χ0) is 8.85. The molecule has 0 heterocycles. The number of aliphatic hydroxyl groups is 2. The van der Waals surface area contributed by atoms with Crippen molar-refractivity contribution in [1.82, 2.24) is 5.32 Å². The maximum Gasteiger partial charge on any atom is 0.0959 e. The van der Waals surface area contributed by atoms with E-state index in [1.165, 1.54) is 0 Å². The lowest BCUT2D eigenvalue weighted by molar-refractivity contribution is 0.0736. The third-order valence-electron chi connectivity index (χ3n) is 1.38. The van der Waals surface area contributed by atoms with Crippen molar-refractivity contribution in [3.05, 3.63) is 12.7 Å². The Labute approximate surface area is 67.7 Å². The molecule has 0 aliphatic rings. The van der Waals surface area contributed by atoms with E-state index < -0.39 is 6.10 Å². The zero-order valence-corrected chi connectivity index (χ0v) is 7.12. The van der Waals surface area contributed by atoms with Crippen LogP contribution in [0.4, 0.5) is 0 Å². The van der Waals surface area contributed by atoms with Crippen molar-refractivity contribution in [1.29, 1.82) is 0 Å². The summed E-state index contributed by atoms with van der Waals surface area (Å²) in [5, 5.41) is 20.8. The minimum absolute atomic E-state index is 0.222. The summed E-state index contributed by atoms with van der Waals surface area (Å²) in [5.74, 6) is 0. The van der Waals surface area contributed by atoms with E-state index in [0.717, 1.165) is 0 Å². The minimum atomic E-state index is -0.755. The standard InChI is InChI=1S/C8H17NO2/c1-4-7(8(11)5-10)9-6(2)3/h4,6-11H,1,5H2,2-3H3/t7-,8+/m0/s1. The van der Waals surface area contributed by atoms with E-state index in [-0.39, 0.29) is 18.7 Å². The van der Waals surface area contributed by atoms with Gasteiger partial charge in [0.05, 0.1) is 18.8 Å². The molecule has 0 bridgehead atoms. The van der Waals surface area contributed by atoms with E-state index in [1.807, 2.05) is 13.8 Å². The van der Waals surface area contributed by atoms with E-state index in [9.17, 15) is 5.11 Å². The fourth-order valence-electron chi connectivity index (χ4n) is 0.835. The molecule has 2 atom stereocenters. The maximum atomic E-state index is 9.18. The molecule has 0 aliphatic heterocycles. The minimum Gasteiger partial charge on any atom is -0.394 e. The quantitative estimate of drug-likeness (QED) is 0.491. The molecule has 66 valence electrons. The fourth-order valence-corrected chi connectivity index (χ4v) is 0.835. The summed E-state index contributed by atoms with van der Waals surface area (Å²) in [5.41, 5.74) is 0. The molecule has 3 heteroatoms. The lowest BCUT2D eigenvalue weighted by Gasteiger charge is -2.21. The Morgan fingerprint density at radius 3 is 2.36 bits per heavy atom. The first kappa shape index (κ1) is 10.6. The Bertz CT molecular complexity index is 115. The molecule has 0 saturated heterocycles. The number of nitrogens with one attached hydrogen (secondary N) is 1. The summed E-state index contributed by atoms with van der Waals surface area (Å²) < 4.78 is 0. The van der Waals surface area contributed by atoms with Gasteiger partial charge in [0.1, 0.15) is 0 Å². The highest BCUT2D eigenvalue weighted by atomic mass is 16.3. The average molecular weight is 159 g/mol. The predicted molar refractivity (Wildman–Crippen MR) is 45.3 cm³/mol. The largest absolute Gasteiger partial charge is 0.394 e. The molecule has 0 radical (unpaired) electrons. The molecule has 0 aromatic heterocycles. The lowest BCUT2D eigenvalue weighted by atomic mass is 10.1. The molecule has 0 amide bonds. The summed E-state index contributed by atoms with van der Waals surface area (Å²) >= 11 is 0. The molecule has 3 nitrogen and oxygen atoms in total. The van der Waals surface area contributed by atoms with E-state index in [1.54, 1.807) is 6.08 Å². The summed E-state index contributed by atoms with van der Waals surface area (Å²) in [7, 11) is 0. The van der Waals surface area contributed by atoms with Gasteiger partial charge in [0.2, 0.25) is 0 Å². The number of hydrogen-bond acceptors (Lipinski definition) is 3. The van der Waals surface area contributed by atoms with Crippen molar-refractivity contribution >= 4 is 0 Å². The first-order valence-electron chi connectivity index (χ1n) is 3.79. The van der Waals surface area contributed by atoms with Crippen LogP contribution in [0.5, 0.6) is 0 Å².